The van der Waals surface area contributed by atoms with Crippen LogP contribution in [0.2, 0.25) is 0 Å². The summed E-state index contributed by atoms with van der Waals surface area (Å²) in [5, 5.41) is 27.4. The summed E-state index contributed by atoms with van der Waals surface area (Å²) in [6, 6.07) is -0.532. The van der Waals surface area contributed by atoms with Gasteiger partial charge in [-0.2, -0.15) is 11.8 Å². The van der Waals surface area contributed by atoms with E-state index in [1.54, 1.807) is 6.26 Å². The number of aliphatic hydroxyl groups excluding tert-OH is 3. The van der Waals surface area contributed by atoms with Crippen molar-refractivity contribution in [3.8, 4) is 0 Å². The largest absolute Gasteiger partial charge is 0.389 e. The molecule has 0 unspecified atom stereocenters. The lowest BCUT2D eigenvalue weighted by Gasteiger charge is -2.15. The van der Waals surface area contributed by atoms with Gasteiger partial charge in [0.2, 0.25) is 0 Å². The van der Waals surface area contributed by atoms with Gasteiger partial charge in [0.15, 0.2) is 0 Å². The maximum absolute atomic E-state index is 9.29. The average molecular weight is 179 g/mol. The van der Waals surface area contributed by atoms with Gasteiger partial charge in [0.05, 0.1) is 17.5 Å². The molecular weight excluding hydrogens is 166 g/mol. The Labute approximate surface area is 69.4 Å². The van der Waals surface area contributed by atoms with E-state index in [4.69, 9.17) is 10.8 Å². The van der Waals surface area contributed by atoms with E-state index in [-0.39, 0.29) is 5.25 Å². The molecule has 5 heteroatoms. The van der Waals surface area contributed by atoms with Crippen molar-refractivity contribution in [3.05, 3.63) is 0 Å². The zero-order chi connectivity index (χ0) is 8.59. The van der Waals surface area contributed by atoms with Crippen LogP contribution in [0.25, 0.3) is 0 Å². The van der Waals surface area contributed by atoms with Gasteiger partial charge >= 0.3 is 0 Å². The molecule has 4 nitrogen and oxygen atoms in total. The third kappa shape index (κ3) is 1.39. The molecule has 0 aromatic rings. The summed E-state index contributed by atoms with van der Waals surface area (Å²) in [4.78, 5) is 0. The van der Waals surface area contributed by atoms with Crippen molar-refractivity contribution in [2.45, 2.75) is 29.6 Å². The zero-order valence-electron chi connectivity index (χ0n) is 6.21. The fraction of sp³-hybridized carbons (Fsp3) is 1.00. The molecule has 0 aromatic heterocycles. The topological polar surface area (TPSA) is 86.7 Å². The molecule has 5 N–H and O–H groups in total. The summed E-state index contributed by atoms with van der Waals surface area (Å²) < 4.78 is 0. The highest BCUT2D eigenvalue weighted by atomic mass is 32.2. The fourth-order valence-electron chi connectivity index (χ4n) is 1.34. The monoisotopic (exact) mass is 179 g/mol. The third-order valence-electron chi connectivity index (χ3n) is 2.08. The van der Waals surface area contributed by atoms with Crippen molar-refractivity contribution < 1.29 is 15.3 Å². The Balaban J connectivity index is 2.69. The first-order valence-corrected chi connectivity index (χ1v) is 4.71. The molecular formula is C6H13NO3S. The summed E-state index contributed by atoms with van der Waals surface area (Å²) in [5.74, 6) is 0. The average Bonchev–Trinajstić information content (AvgIpc) is 2.17. The summed E-state index contributed by atoms with van der Waals surface area (Å²) in [7, 11) is 0. The van der Waals surface area contributed by atoms with Gasteiger partial charge in [-0.1, -0.05) is 0 Å². The minimum absolute atomic E-state index is 0.264. The van der Waals surface area contributed by atoms with Crippen molar-refractivity contribution in [2.75, 3.05) is 6.26 Å². The molecule has 0 saturated heterocycles. The second kappa shape index (κ2) is 3.28. The number of hydrogen-bond acceptors (Lipinski definition) is 5. The van der Waals surface area contributed by atoms with Crippen LogP contribution in [0, 0.1) is 0 Å². The van der Waals surface area contributed by atoms with Gasteiger partial charge < -0.3 is 21.1 Å². The first kappa shape index (κ1) is 9.28. The molecule has 1 saturated carbocycles. The van der Waals surface area contributed by atoms with Crippen LogP contribution >= 0.6 is 11.8 Å². The molecule has 1 rings (SSSR count). The van der Waals surface area contributed by atoms with Crippen LogP contribution in [0.3, 0.4) is 0 Å². The molecule has 0 spiro atoms. The van der Waals surface area contributed by atoms with Crippen molar-refractivity contribution in [2.24, 2.45) is 5.73 Å². The SMILES string of the molecule is CS[C@@H]1[C@@H](N)[C@H](O)[C@H](O)[C@H]1O. The van der Waals surface area contributed by atoms with Crippen molar-refractivity contribution in [1.29, 1.82) is 0 Å². The van der Waals surface area contributed by atoms with Gasteiger partial charge in [-0.05, 0) is 6.26 Å². The summed E-state index contributed by atoms with van der Waals surface area (Å²) in [5.41, 5.74) is 5.52. The van der Waals surface area contributed by atoms with E-state index in [1.807, 2.05) is 0 Å². The number of hydrogen-bond donors (Lipinski definition) is 4. The molecule has 0 aliphatic heterocycles. The van der Waals surface area contributed by atoms with Crippen LogP contribution in [0.4, 0.5) is 0 Å². The fourth-order valence-corrected chi connectivity index (χ4v) is 2.26. The Morgan fingerprint density at radius 1 is 1.09 bits per heavy atom. The number of rotatable bonds is 1. The molecule has 0 aromatic carbocycles. The Morgan fingerprint density at radius 2 is 1.64 bits per heavy atom. The van der Waals surface area contributed by atoms with E-state index in [0.29, 0.717) is 0 Å². The van der Waals surface area contributed by atoms with Crippen LogP contribution < -0.4 is 5.73 Å². The van der Waals surface area contributed by atoms with Crippen LogP contribution in [0.5, 0.6) is 0 Å². The zero-order valence-corrected chi connectivity index (χ0v) is 7.03. The normalized spacial score (nSPS) is 51.5. The quantitative estimate of drug-likeness (QED) is 0.379. The third-order valence-corrected chi connectivity index (χ3v) is 3.22. The van der Waals surface area contributed by atoms with Gasteiger partial charge in [-0.15, -0.1) is 0 Å². The number of aliphatic hydroxyl groups is 3. The van der Waals surface area contributed by atoms with E-state index >= 15 is 0 Å². The molecule has 66 valence electrons. The minimum Gasteiger partial charge on any atom is -0.389 e. The van der Waals surface area contributed by atoms with E-state index < -0.39 is 24.4 Å². The molecule has 0 bridgehead atoms. The Morgan fingerprint density at radius 3 is 1.82 bits per heavy atom. The maximum Gasteiger partial charge on any atom is 0.108 e. The van der Waals surface area contributed by atoms with Gasteiger partial charge in [-0.25, -0.2) is 0 Å². The van der Waals surface area contributed by atoms with Gasteiger partial charge in [0.25, 0.3) is 0 Å². The molecule has 1 aliphatic rings. The maximum atomic E-state index is 9.29. The van der Waals surface area contributed by atoms with Gasteiger partial charge in [-0.3, -0.25) is 0 Å². The lowest BCUT2D eigenvalue weighted by molar-refractivity contribution is -0.0198. The van der Waals surface area contributed by atoms with Crippen molar-refractivity contribution in [3.63, 3.8) is 0 Å². The minimum atomic E-state index is -1.09. The second-order valence-corrected chi connectivity index (χ2v) is 3.77. The molecule has 1 aliphatic carbocycles. The van der Waals surface area contributed by atoms with Crippen LogP contribution in [-0.2, 0) is 0 Å². The highest BCUT2D eigenvalue weighted by molar-refractivity contribution is 7.99. The van der Waals surface area contributed by atoms with Crippen LogP contribution in [-0.4, -0.2) is 51.2 Å². The smallest absolute Gasteiger partial charge is 0.108 e. The standard InChI is InChI=1S/C6H13NO3S/c1-11-6-2(7)3(8)4(9)5(6)10/h2-6,8-10H,7H2,1H3/t2-,3-,4-,5+,6+/m0/s1. The molecule has 11 heavy (non-hydrogen) atoms. The van der Waals surface area contributed by atoms with Gasteiger partial charge in [0, 0.05) is 6.04 Å². The van der Waals surface area contributed by atoms with Crippen molar-refractivity contribution in [1.82, 2.24) is 0 Å². The predicted octanol–water partition coefficient (Wildman–Crippen LogP) is -1.86. The second-order valence-electron chi connectivity index (χ2n) is 2.75. The molecule has 0 radical (unpaired) electrons. The Hall–Kier alpha value is 0.190. The van der Waals surface area contributed by atoms with E-state index in [2.05, 4.69) is 0 Å². The first-order chi connectivity index (χ1) is 5.09. The van der Waals surface area contributed by atoms with E-state index in [9.17, 15) is 10.2 Å². The Bertz CT molecular complexity index is 132. The summed E-state index contributed by atoms with van der Waals surface area (Å²) in [6.45, 7) is 0. The molecule has 0 amide bonds. The predicted molar refractivity (Wildman–Crippen MR) is 43.3 cm³/mol. The van der Waals surface area contributed by atoms with E-state index in [0.717, 1.165) is 0 Å². The molecule has 5 atom stereocenters. The van der Waals surface area contributed by atoms with Crippen LogP contribution in [0.15, 0.2) is 0 Å². The first-order valence-electron chi connectivity index (χ1n) is 3.42. The number of nitrogens with two attached hydrogens (primary N) is 1. The lowest BCUT2D eigenvalue weighted by Crippen LogP contribution is -2.39. The molecule has 1 fully saturated rings. The molecule has 0 heterocycles. The van der Waals surface area contributed by atoms with Gasteiger partial charge in [0.1, 0.15) is 6.10 Å². The van der Waals surface area contributed by atoms with E-state index in [1.165, 1.54) is 11.8 Å². The summed E-state index contributed by atoms with van der Waals surface area (Å²) >= 11 is 1.36. The lowest BCUT2D eigenvalue weighted by atomic mass is 10.2. The highest BCUT2D eigenvalue weighted by Crippen LogP contribution is 2.28. The van der Waals surface area contributed by atoms with Crippen LogP contribution in [0.1, 0.15) is 0 Å². The van der Waals surface area contributed by atoms with Crippen molar-refractivity contribution >= 4 is 11.8 Å². The summed E-state index contributed by atoms with van der Waals surface area (Å²) in [6.07, 6.45) is -1.21. The Kier molecular flexibility index (Phi) is 2.77. The highest BCUT2D eigenvalue weighted by Gasteiger charge is 2.46. The number of thioether (sulfide) groups is 1.